The van der Waals surface area contributed by atoms with E-state index in [2.05, 4.69) is 21.8 Å². The summed E-state index contributed by atoms with van der Waals surface area (Å²) < 4.78 is 3.77. The van der Waals surface area contributed by atoms with Crippen molar-refractivity contribution in [3.8, 4) is 0 Å². The molecule has 0 radical (unpaired) electrons. The molecule has 0 spiro atoms. The van der Waals surface area contributed by atoms with Crippen LogP contribution < -0.4 is 5.32 Å². The molecule has 0 saturated heterocycles. The van der Waals surface area contributed by atoms with E-state index in [0.29, 0.717) is 6.04 Å². The summed E-state index contributed by atoms with van der Waals surface area (Å²) in [6, 6.07) is 0.490. The average molecular weight is 157 g/mol. The summed E-state index contributed by atoms with van der Waals surface area (Å²) in [5.41, 5.74) is 1.08. The number of hydrogen-bond acceptors (Lipinski definition) is 4. The number of likely N-dealkylation sites (N-methyl/N-ethyl adjacent to an activating group) is 1. The van der Waals surface area contributed by atoms with E-state index in [4.69, 9.17) is 0 Å². The van der Waals surface area contributed by atoms with Gasteiger partial charge in [-0.3, -0.25) is 0 Å². The van der Waals surface area contributed by atoms with Gasteiger partial charge in [0, 0.05) is 17.8 Å². The lowest BCUT2D eigenvalue weighted by molar-refractivity contribution is 0.600. The van der Waals surface area contributed by atoms with Crippen LogP contribution in [-0.4, -0.2) is 22.7 Å². The van der Waals surface area contributed by atoms with Crippen LogP contribution >= 0.6 is 11.5 Å². The standard InChI is InChI=1S/C6H11N3S/c1-5(7-2)3-6-4-10-9-8-6/h4-5,7H,3H2,1-2H3. The van der Waals surface area contributed by atoms with E-state index in [1.165, 1.54) is 11.5 Å². The van der Waals surface area contributed by atoms with E-state index >= 15 is 0 Å². The maximum absolute atomic E-state index is 3.93. The number of aromatic nitrogens is 2. The third-order valence-electron chi connectivity index (χ3n) is 1.41. The third kappa shape index (κ3) is 2.04. The number of hydrogen-bond donors (Lipinski definition) is 1. The van der Waals surface area contributed by atoms with Gasteiger partial charge in [0.25, 0.3) is 0 Å². The summed E-state index contributed by atoms with van der Waals surface area (Å²) >= 11 is 1.40. The van der Waals surface area contributed by atoms with Gasteiger partial charge in [0.05, 0.1) is 5.69 Å². The number of nitrogens with zero attached hydrogens (tertiary/aromatic N) is 2. The molecule has 1 aromatic rings. The van der Waals surface area contributed by atoms with Crippen molar-refractivity contribution in [2.45, 2.75) is 19.4 Å². The van der Waals surface area contributed by atoms with Gasteiger partial charge in [0.1, 0.15) is 0 Å². The summed E-state index contributed by atoms with van der Waals surface area (Å²) in [4.78, 5) is 0. The lowest BCUT2D eigenvalue weighted by atomic mass is 10.2. The minimum atomic E-state index is 0.490. The van der Waals surface area contributed by atoms with Crippen LogP contribution in [-0.2, 0) is 6.42 Å². The Labute approximate surface area is 64.6 Å². The highest BCUT2D eigenvalue weighted by molar-refractivity contribution is 7.03. The lowest BCUT2D eigenvalue weighted by Crippen LogP contribution is -2.23. The van der Waals surface area contributed by atoms with E-state index in [1.807, 2.05) is 12.4 Å². The fraction of sp³-hybridized carbons (Fsp3) is 0.667. The maximum Gasteiger partial charge on any atom is 0.0770 e. The molecule has 10 heavy (non-hydrogen) atoms. The minimum absolute atomic E-state index is 0.490. The Hall–Kier alpha value is -0.480. The molecule has 1 heterocycles. The molecule has 0 amide bonds. The molecule has 1 unspecified atom stereocenters. The van der Waals surface area contributed by atoms with Gasteiger partial charge in [-0.15, -0.1) is 5.10 Å². The summed E-state index contributed by atoms with van der Waals surface area (Å²) in [5, 5.41) is 9.05. The van der Waals surface area contributed by atoms with Gasteiger partial charge in [0.2, 0.25) is 0 Å². The minimum Gasteiger partial charge on any atom is -0.317 e. The van der Waals surface area contributed by atoms with Crippen molar-refractivity contribution in [1.29, 1.82) is 0 Å². The third-order valence-corrected chi connectivity index (χ3v) is 1.97. The summed E-state index contributed by atoms with van der Waals surface area (Å²) in [5.74, 6) is 0. The Morgan fingerprint density at radius 2 is 2.60 bits per heavy atom. The van der Waals surface area contributed by atoms with Crippen LogP contribution in [0.1, 0.15) is 12.6 Å². The highest BCUT2D eigenvalue weighted by atomic mass is 32.1. The maximum atomic E-state index is 3.93. The molecule has 0 aliphatic rings. The molecular weight excluding hydrogens is 146 g/mol. The molecule has 56 valence electrons. The first-order valence-corrected chi connectivity index (χ1v) is 4.09. The fourth-order valence-electron chi connectivity index (χ4n) is 0.689. The van der Waals surface area contributed by atoms with Gasteiger partial charge < -0.3 is 5.32 Å². The lowest BCUT2D eigenvalue weighted by Gasteiger charge is -2.05. The number of nitrogens with one attached hydrogen (secondary N) is 1. The average Bonchev–Trinajstić information content (AvgIpc) is 2.40. The van der Waals surface area contributed by atoms with Crippen molar-refractivity contribution in [3.63, 3.8) is 0 Å². The van der Waals surface area contributed by atoms with Crippen LogP contribution in [0.3, 0.4) is 0 Å². The highest BCUT2D eigenvalue weighted by Crippen LogP contribution is 2.00. The van der Waals surface area contributed by atoms with Gasteiger partial charge in [-0.2, -0.15) is 0 Å². The summed E-state index contributed by atoms with van der Waals surface area (Å²) in [7, 11) is 1.95. The van der Waals surface area contributed by atoms with Crippen molar-refractivity contribution >= 4 is 11.5 Å². The first-order chi connectivity index (χ1) is 4.83. The molecule has 4 heteroatoms. The highest BCUT2D eigenvalue weighted by Gasteiger charge is 2.01. The van der Waals surface area contributed by atoms with Gasteiger partial charge >= 0.3 is 0 Å². The Morgan fingerprint density at radius 3 is 3.10 bits per heavy atom. The molecule has 0 saturated carbocycles. The Kier molecular flexibility index (Phi) is 2.77. The molecular formula is C6H11N3S. The molecule has 0 aliphatic heterocycles. The number of rotatable bonds is 3. The van der Waals surface area contributed by atoms with Gasteiger partial charge in [-0.1, -0.05) is 4.49 Å². The van der Waals surface area contributed by atoms with Crippen LogP contribution in [0.5, 0.6) is 0 Å². The molecule has 0 aromatic carbocycles. The molecule has 1 N–H and O–H groups in total. The van der Waals surface area contributed by atoms with E-state index < -0.39 is 0 Å². The normalized spacial score (nSPS) is 13.4. The smallest absolute Gasteiger partial charge is 0.0770 e. The molecule has 0 aliphatic carbocycles. The molecule has 0 fully saturated rings. The first-order valence-electron chi connectivity index (χ1n) is 3.26. The van der Waals surface area contributed by atoms with Gasteiger partial charge in [0.15, 0.2) is 0 Å². The van der Waals surface area contributed by atoms with Crippen molar-refractivity contribution < 1.29 is 0 Å². The van der Waals surface area contributed by atoms with Gasteiger partial charge in [-0.25, -0.2) is 0 Å². The summed E-state index contributed by atoms with van der Waals surface area (Å²) in [6.45, 7) is 2.12. The monoisotopic (exact) mass is 157 g/mol. The van der Waals surface area contributed by atoms with E-state index in [9.17, 15) is 0 Å². The molecule has 1 rings (SSSR count). The molecule has 1 aromatic heterocycles. The Balaban J connectivity index is 2.40. The van der Waals surface area contributed by atoms with E-state index in [-0.39, 0.29) is 0 Å². The second-order valence-corrected chi connectivity index (χ2v) is 2.90. The predicted octanol–water partition coefficient (Wildman–Crippen LogP) is 0.688. The van der Waals surface area contributed by atoms with Crippen molar-refractivity contribution in [2.24, 2.45) is 0 Å². The Morgan fingerprint density at radius 1 is 1.80 bits per heavy atom. The quantitative estimate of drug-likeness (QED) is 0.701. The van der Waals surface area contributed by atoms with E-state index in [0.717, 1.165) is 12.1 Å². The van der Waals surface area contributed by atoms with Gasteiger partial charge in [-0.05, 0) is 25.5 Å². The van der Waals surface area contributed by atoms with Crippen LogP contribution in [0.25, 0.3) is 0 Å². The molecule has 3 nitrogen and oxygen atoms in total. The van der Waals surface area contributed by atoms with Crippen LogP contribution in [0, 0.1) is 0 Å². The SMILES string of the molecule is CNC(C)Cc1csnn1. The zero-order valence-electron chi connectivity index (χ0n) is 6.16. The second kappa shape index (κ2) is 3.63. The molecule has 1 atom stereocenters. The summed E-state index contributed by atoms with van der Waals surface area (Å²) in [6.07, 6.45) is 0.965. The fourth-order valence-corrected chi connectivity index (χ4v) is 1.15. The van der Waals surface area contributed by atoms with Crippen molar-refractivity contribution in [1.82, 2.24) is 14.9 Å². The van der Waals surface area contributed by atoms with Crippen molar-refractivity contribution in [3.05, 3.63) is 11.1 Å². The largest absolute Gasteiger partial charge is 0.317 e. The second-order valence-electron chi connectivity index (χ2n) is 2.29. The molecule has 0 bridgehead atoms. The first kappa shape index (κ1) is 7.63. The zero-order valence-corrected chi connectivity index (χ0v) is 6.98. The van der Waals surface area contributed by atoms with Crippen molar-refractivity contribution in [2.75, 3.05) is 7.05 Å². The van der Waals surface area contributed by atoms with Crippen LogP contribution in [0.4, 0.5) is 0 Å². The predicted molar refractivity (Wildman–Crippen MR) is 42.1 cm³/mol. The van der Waals surface area contributed by atoms with Crippen LogP contribution in [0.2, 0.25) is 0 Å². The zero-order chi connectivity index (χ0) is 7.40. The van der Waals surface area contributed by atoms with Crippen LogP contribution in [0.15, 0.2) is 5.38 Å². The Bertz CT molecular complexity index is 173. The topological polar surface area (TPSA) is 37.8 Å². The van der Waals surface area contributed by atoms with E-state index in [1.54, 1.807) is 0 Å².